The summed E-state index contributed by atoms with van der Waals surface area (Å²) in [6.45, 7) is 3.12. The maximum Gasteiger partial charge on any atom is 0.222 e. The van der Waals surface area contributed by atoms with E-state index in [1.807, 2.05) is 12.1 Å². The third kappa shape index (κ3) is 4.95. The summed E-state index contributed by atoms with van der Waals surface area (Å²) >= 11 is 0. The molecule has 2 aliphatic rings. The quantitative estimate of drug-likeness (QED) is 0.801. The van der Waals surface area contributed by atoms with Gasteiger partial charge in [-0.25, -0.2) is 0 Å². The number of ether oxygens (including phenoxy) is 1. The Morgan fingerprint density at radius 3 is 2.79 bits per heavy atom. The number of rotatable bonds is 7. The molecule has 1 unspecified atom stereocenters. The van der Waals surface area contributed by atoms with Crippen LogP contribution in [0.1, 0.15) is 37.7 Å². The number of nitrogens with one attached hydrogen (secondary N) is 1. The fourth-order valence-corrected chi connectivity index (χ4v) is 3.32. The lowest BCUT2D eigenvalue weighted by molar-refractivity contribution is -0.128. The zero-order valence-electron chi connectivity index (χ0n) is 14.5. The Bertz CT molecular complexity index is 556. The van der Waals surface area contributed by atoms with Crippen LogP contribution in [0, 0.1) is 5.92 Å². The molecule has 3 rings (SSSR count). The molecule has 2 N–H and O–H groups in total. The molecule has 1 heterocycles. The van der Waals surface area contributed by atoms with Crippen molar-refractivity contribution in [2.24, 2.45) is 5.92 Å². The van der Waals surface area contributed by atoms with E-state index in [1.165, 1.54) is 18.4 Å². The molecule has 0 spiro atoms. The summed E-state index contributed by atoms with van der Waals surface area (Å²) in [5.41, 5.74) is 0.295. The van der Waals surface area contributed by atoms with E-state index in [1.54, 1.807) is 7.05 Å². The number of carbonyl (C=O) groups is 1. The molecule has 0 aromatic heterocycles. The van der Waals surface area contributed by atoms with E-state index in [9.17, 15) is 9.90 Å². The third-order valence-corrected chi connectivity index (χ3v) is 4.92. The monoisotopic (exact) mass is 332 g/mol. The molecule has 0 bridgehead atoms. The number of nitrogens with zero attached hydrogens (tertiary/aromatic N) is 1. The molecule has 1 amide bonds. The topological polar surface area (TPSA) is 61.8 Å². The summed E-state index contributed by atoms with van der Waals surface area (Å²) in [6.07, 6.45) is 4.37. The van der Waals surface area contributed by atoms with Crippen molar-refractivity contribution >= 4 is 5.91 Å². The molecule has 2 fully saturated rings. The second-order valence-electron chi connectivity index (χ2n) is 7.29. The van der Waals surface area contributed by atoms with Crippen molar-refractivity contribution in [3.05, 3.63) is 29.8 Å². The van der Waals surface area contributed by atoms with Gasteiger partial charge in [-0.1, -0.05) is 12.1 Å². The van der Waals surface area contributed by atoms with Crippen LogP contribution in [-0.2, 0) is 11.3 Å². The van der Waals surface area contributed by atoms with Crippen molar-refractivity contribution in [3.63, 3.8) is 0 Å². The predicted octanol–water partition coefficient (Wildman–Crippen LogP) is 1.94. The first-order chi connectivity index (χ1) is 11.6. The van der Waals surface area contributed by atoms with E-state index in [0.29, 0.717) is 13.0 Å². The summed E-state index contributed by atoms with van der Waals surface area (Å²) in [5.74, 6) is 1.59. The lowest BCUT2D eigenvalue weighted by Crippen LogP contribution is -2.49. The van der Waals surface area contributed by atoms with Crippen LogP contribution in [-0.4, -0.2) is 48.3 Å². The van der Waals surface area contributed by atoms with Gasteiger partial charge in [0.25, 0.3) is 0 Å². The standard InChI is InChI=1S/C19H28N2O3/c1-20-18(22)11-19(23)9-2-10-21(14-19)12-15-5-7-17(8-6-15)24-13-16-3-4-16/h5-8,16,23H,2-4,9-14H2,1H3,(H,20,22). The SMILES string of the molecule is CNC(=O)CC1(O)CCCN(Cc2ccc(OCC3CC3)cc2)C1. The van der Waals surface area contributed by atoms with Gasteiger partial charge >= 0.3 is 0 Å². The number of β-amino-alcohol motifs (C(OH)–C–C–N with tert-alkyl or cyclic N) is 1. The largest absolute Gasteiger partial charge is 0.493 e. The lowest BCUT2D eigenvalue weighted by Gasteiger charge is -2.38. The summed E-state index contributed by atoms with van der Waals surface area (Å²) in [5, 5.41) is 13.3. The van der Waals surface area contributed by atoms with Gasteiger partial charge in [0.1, 0.15) is 5.75 Å². The summed E-state index contributed by atoms with van der Waals surface area (Å²) in [4.78, 5) is 13.8. The highest BCUT2D eigenvalue weighted by atomic mass is 16.5. The molecular formula is C19H28N2O3. The van der Waals surface area contributed by atoms with Crippen molar-refractivity contribution in [1.82, 2.24) is 10.2 Å². The van der Waals surface area contributed by atoms with Crippen molar-refractivity contribution < 1.29 is 14.6 Å². The van der Waals surface area contributed by atoms with Crippen LogP contribution >= 0.6 is 0 Å². The van der Waals surface area contributed by atoms with E-state index in [-0.39, 0.29) is 12.3 Å². The number of amides is 1. The molecule has 24 heavy (non-hydrogen) atoms. The molecule has 1 aromatic carbocycles. The number of aliphatic hydroxyl groups is 1. The number of piperidine rings is 1. The molecule has 1 saturated carbocycles. The Labute approximate surface area is 144 Å². The van der Waals surface area contributed by atoms with Gasteiger partial charge in [-0.3, -0.25) is 9.69 Å². The van der Waals surface area contributed by atoms with Crippen LogP contribution in [0.25, 0.3) is 0 Å². The van der Waals surface area contributed by atoms with E-state index < -0.39 is 5.60 Å². The van der Waals surface area contributed by atoms with Crippen LogP contribution in [0.5, 0.6) is 5.75 Å². The third-order valence-electron chi connectivity index (χ3n) is 4.92. The highest BCUT2D eigenvalue weighted by Gasteiger charge is 2.35. The van der Waals surface area contributed by atoms with Gasteiger partial charge in [-0.05, 0) is 55.8 Å². The van der Waals surface area contributed by atoms with E-state index in [0.717, 1.165) is 37.8 Å². The van der Waals surface area contributed by atoms with E-state index in [2.05, 4.69) is 22.3 Å². The maximum absolute atomic E-state index is 11.6. The normalized spacial score (nSPS) is 24.6. The maximum atomic E-state index is 11.6. The highest BCUT2D eigenvalue weighted by molar-refractivity contribution is 5.76. The molecule has 1 aromatic rings. The average Bonchev–Trinajstić information content (AvgIpc) is 3.38. The second-order valence-corrected chi connectivity index (χ2v) is 7.29. The molecule has 0 radical (unpaired) electrons. The highest BCUT2D eigenvalue weighted by Crippen LogP contribution is 2.30. The van der Waals surface area contributed by atoms with E-state index >= 15 is 0 Å². The zero-order valence-corrected chi connectivity index (χ0v) is 14.5. The Morgan fingerprint density at radius 1 is 1.38 bits per heavy atom. The second kappa shape index (κ2) is 7.53. The first kappa shape index (κ1) is 17.2. The Balaban J connectivity index is 1.51. The number of hydrogen-bond acceptors (Lipinski definition) is 4. The van der Waals surface area contributed by atoms with Crippen LogP contribution in [0.3, 0.4) is 0 Å². The smallest absolute Gasteiger partial charge is 0.222 e. The Morgan fingerprint density at radius 2 is 2.12 bits per heavy atom. The van der Waals surface area contributed by atoms with Gasteiger partial charge in [-0.2, -0.15) is 0 Å². The van der Waals surface area contributed by atoms with Crippen LogP contribution in [0.15, 0.2) is 24.3 Å². The molecule has 132 valence electrons. The minimum Gasteiger partial charge on any atom is -0.493 e. The van der Waals surface area contributed by atoms with E-state index in [4.69, 9.17) is 4.74 Å². The Kier molecular flexibility index (Phi) is 5.41. The molecule has 1 aliphatic carbocycles. The van der Waals surface area contributed by atoms with Crippen molar-refractivity contribution in [1.29, 1.82) is 0 Å². The minimum atomic E-state index is -0.911. The van der Waals surface area contributed by atoms with Crippen LogP contribution in [0.2, 0.25) is 0 Å². The van der Waals surface area contributed by atoms with Gasteiger partial charge in [0, 0.05) is 20.1 Å². The molecule has 1 atom stereocenters. The van der Waals surface area contributed by atoms with Gasteiger partial charge in [0.2, 0.25) is 5.91 Å². The first-order valence-electron chi connectivity index (χ1n) is 8.93. The average molecular weight is 332 g/mol. The lowest BCUT2D eigenvalue weighted by atomic mass is 9.89. The van der Waals surface area contributed by atoms with Gasteiger partial charge in [-0.15, -0.1) is 0 Å². The summed E-state index contributed by atoms with van der Waals surface area (Å²) in [7, 11) is 1.61. The minimum absolute atomic E-state index is 0.100. The zero-order chi connectivity index (χ0) is 17.0. The number of benzene rings is 1. The molecular weight excluding hydrogens is 304 g/mol. The van der Waals surface area contributed by atoms with Gasteiger partial charge < -0.3 is 15.2 Å². The number of likely N-dealkylation sites (tertiary alicyclic amines) is 1. The first-order valence-corrected chi connectivity index (χ1v) is 8.93. The fraction of sp³-hybridized carbons (Fsp3) is 0.632. The van der Waals surface area contributed by atoms with Gasteiger partial charge in [0.05, 0.1) is 18.6 Å². The summed E-state index contributed by atoms with van der Waals surface area (Å²) < 4.78 is 5.77. The molecule has 1 aliphatic heterocycles. The Hall–Kier alpha value is -1.59. The molecule has 1 saturated heterocycles. The molecule has 5 heteroatoms. The number of carbonyl (C=O) groups excluding carboxylic acids is 1. The summed E-state index contributed by atoms with van der Waals surface area (Å²) in [6, 6.07) is 8.24. The number of hydrogen-bond donors (Lipinski definition) is 2. The predicted molar refractivity (Wildman–Crippen MR) is 92.8 cm³/mol. The van der Waals surface area contributed by atoms with Gasteiger partial charge in [0.15, 0.2) is 0 Å². The van der Waals surface area contributed by atoms with Crippen molar-refractivity contribution in [2.45, 2.75) is 44.2 Å². The van der Waals surface area contributed by atoms with Crippen LogP contribution < -0.4 is 10.1 Å². The van der Waals surface area contributed by atoms with Crippen LogP contribution in [0.4, 0.5) is 0 Å². The fourth-order valence-electron chi connectivity index (χ4n) is 3.32. The van der Waals surface area contributed by atoms with Crippen molar-refractivity contribution in [2.75, 3.05) is 26.7 Å². The van der Waals surface area contributed by atoms with Crippen molar-refractivity contribution in [3.8, 4) is 5.75 Å². The molecule has 5 nitrogen and oxygen atoms in total.